The third-order valence-electron chi connectivity index (χ3n) is 3.00. The van der Waals surface area contributed by atoms with E-state index in [9.17, 15) is 4.79 Å². The molecule has 0 heterocycles. The molecule has 0 unspecified atom stereocenters. The van der Waals surface area contributed by atoms with E-state index < -0.39 is 0 Å². The quantitative estimate of drug-likeness (QED) is 0.751. The van der Waals surface area contributed by atoms with E-state index in [0.717, 1.165) is 31.7 Å². The summed E-state index contributed by atoms with van der Waals surface area (Å²) < 4.78 is 0. The number of hydrogen-bond acceptors (Lipinski definition) is 3. The van der Waals surface area contributed by atoms with Crippen LogP contribution in [0.1, 0.15) is 25.8 Å². The number of amides is 1. The van der Waals surface area contributed by atoms with Crippen molar-refractivity contribution in [2.45, 2.75) is 26.8 Å². The average Bonchev–Trinajstić information content (AvgIpc) is 2.44. The maximum Gasteiger partial charge on any atom is 0.239 e. The molecule has 1 aromatic carbocycles. The highest BCUT2D eigenvalue weighted by Gasteiger charge is 2.12. The molecule has 0 radical (unpaired) electrons. The van der Waals surface area contributed by atoms with Gasteiger partial charge in [-0.05, 0) is 24.6 Å². The van der Waals surface area contributed by atoms with Crippen molar-refractivity contribution in [1.82, 2.24) is 10.6 Å². The molecule has 106 valence electrons. The van der Waals surface area contributed by atoms with E-state index in [4.69, 9.17) is 0 Å². The predicted molar refractivity (Wildman–Crippen MR) is 80.4 cm³/mol. The molecule has 0 spiro atoms. The molecular formula is C15H25N3O. The normalized spacial score (nSPS) is 10.3. The molecule has 19 heavy (non-hydrogen) atoms. The number of carbonyl (C=O) groups excluding carboxylic acids is 1. The van der Waals surface area contributed by atoms with Gasteiger partial charge < -0.3 is 15.5 Å². The summed E-state index contributed by atoms with van der Waals surface area (Å²) in [5.74, 6) is 0.0479. The topological polar surface area (TPSA) is 44.4 Å². The van der Waals surface area contributed by atoms with Crippen molar-refractivity contribution < 1.29 is 4.79 Å². The summed E-state index contributed by atoms with van der Waals surface area (Å²) in [6.45, 7) is 7.29. The maximum absolute atomic E-state index is 11.6. The SMILES string of the molecule is CCCN(CC(=O)NC)c1ccccc1CNCC. The molecule has 0 fully saturated rings. The summed E-state index contributed by atoms with van der Waals surface area (Å²) >= 11 is 0. The Labute approximate surface area is 116 Å². The molecule has 0 bridgehead atoms. The first-order valence-electron chi connectivity index (χ1n) is 6.97. The summed E-state index contributed by atoms with van der Waals surface area (Å²) in [6.07, 6.45) is 1.02. The molecule has 0 aliphatic rings. The molecule has 1 aromatic rings. The van der Waals surface area contributed by atoms with Crippen LogP contribution in [0.4, 0.5) is 5.69 Å². The number of para-hydroxylation sites is 1. The van der Waals surface area contributed by atoms with Crippen LogP contribution in [-0.4, -0.2) is 32.6 Å². The molecule has 0 aromatic heterocycles. The molecule has 4 nitrogen and oxygen atoms in total. The van der Waals surface area contributed by atoms with Gasteiger partial charge in [-0.25, -0.2) is 0 Å². The zero-order valence-electron chi connectivity index (χ0n) is 12.2. The van der Waals surface area contributed by atoms with Crippen LogP contribution in [0.25, 0.3) is 0 Å². The monoisotopic (exact) mass is 263 g/mol. The number of rotatable bonds is 8. The number of nitrogens with zero attached hydrogens (tertiary/aromatic N) is 1. The Morgan fingerprint density at radius 2 is 2.00 bits per heavy atom. The van der Waals surface area contributed by atoms with Crippen LogP contribution >= 0.6 is 0 Å². The summed E-state index contributed by atoms with van der Waals surface area (Å²) in [5, 5.41) is 6.03. The van der Waals surface area contributed by atoms with Gasteiger partial charge in [-0.2, -0.15) is 0 Å². The van der Waals surface area contributed by atoms with E-state index in [1.165, 1.54) is 5.56 Å². The molecular weight excluding hydrogens is 238 g/mol. The van der Waals surface area contributed by atoms with Crippen molar-refractivity contribution in [2.75, 3.05) is 31.6 Å². The van der Waals surface area contributed by atoms with E-state index >= 15 is 0 Å². The Morgan fingerprint density at radius 3 is 2.63 bits per heavy atom. The van der Waals surface area contributed by atoms with E-state index in [1.54, 1.807) is 7.05 Å². The summed E-state index contributed by atoms with van der Waals surface area (Å²) in [6, 6.07) is 8.27. The van der Waals surface area contributed by atoms with Crippen LogP contribution in [0.15, 0.2) is 24.3 Å². The molecule has 1 amide bonds. The Bertz CT molecular complexity index is 393. The third-order valence-corrected chi connectivity index (χ3v) is 3.00. The number of anilines is 1. The fraction of sp³-hybridized carbons (Fsp3) is 0.533. The van der Waals surface area contributed by atoms with Crippen molar-refractivity contribution in [3.05, 3.63) is 29.8 Å². The van der Waals surface area contributed by atoms with Gasteiger partial charge in [0.25, 0.3) is 0 Å². The van der Waals surface area contributed by atoms with Gasteiger partial charge in [0.05, 0.1) is 6.54 Å². The number of hydrogen-bond donors (Lipinski definition) is 2. The average molecular weight is 263 g/mol. The largest absolute Gasteiger partial charge is 0.362 e. The highest BCUT2D eigenvalue weighted by atomic mass is 16.1. The summed E-state index contributed by atoms with van der Waals surface area (Å²) in [4.78, 5) is 13.8. The minimum atomic E-state index is 0.0479. The van der Waals surface area contributed by atoms with Gasteiger partial charge >= 0.3 is 0 Å². The van der Waals surface area contributed by atoms with Crippen molar-refractivity contribution >= 4 is 11.6 Å². The summed E-state index contributed by atoms with van der Waals surface area (Å²) in [7, 11) is 1.68. The number of likely N-dealkylation sites (N-methyl/N-ethyl adjacent to an activating group) is 1. The standard InChI is InChI=1S/C15H25N3O/c1-4-10-18(12-15(19)16-3)14-9-7-6-8-13(14)11-17-5-2/h6-9,17H,4-5,10-12H2,1-3H3,(H,16,19). The van der Waals surface area contributed by atoms with Crippen molar-refractivity contribution in [3.8, 4) is 0 Å². The van der Waals surface area contributed by atoms with Gasteiger partial charge in [0, 0.05) is 25.8 Å². The van der Waals surface area contributed by atoms with Crippen molar-refractivity contribution in [3.63, 3.8) is 0 Å². The first-order chi connectivity index (χ1) is 9.22. The minimum absolute atomic E-state index is 0.0479. The second kappa shape index (κ2) is 8.53. The van der Waals surface area contributed by atoms with Gasteiger partial charge in [0.1, 0.15) is 0 Å². The second-order valence-electron chi connectivity index (χ2n) is 4.50. The van der Waals surface area contributed by atoms with Gasteiger partial charge in [-0.1, -0.05) is 32.0 Å². The molecule has 0 saturated carbocycles. The predicted octanol–water partition coefficient (Wildman–Crippen LogP) is 1.76. The van der Waals surface area contributed by atoms with E-state index in [0.29, 0.717) is 6.54 Å². The second-order valence-corrected chi connectivity index (χ2v) is 4.50. The van der Waals surface area contributed by atoms with E-state index in [1.807, 2.05) is 12.1 Å². The number of nitrogens with one attached hydrogen (secondary N) is 2. The highest BCUT2D eigenvalue weighted by molar-refractivity contribution is 5.81. The van der Waals surface area contributed by atoms with E-state index in [-0.39, 0.29) is 5.91 Å². The number of carbonyl (C=O) groups is 1. The van der Waals surface area contributed by atoms with Crippen LogP contribution in [0.3, 0.4) is 0 Å². The summed E-state index contributed by atoms with van der Waals surface area (Å²) in [5.41, 5.74) is 2.38. The first-order valence-corrected chi connectivity index (χ1v) is 6.97. The fourth-order valence-corrected chi connectivity index (χ4v) is 2.04. The maximum atomic E-state index is 11.6. The van der Waals surface area contributed by atoms with Gasteiger partial charge in [-0.3, -0.25) is 4.79 Å². The lowest BCUT2D eigenvalue weighted by atomic mass is 10.1. The lowest BCUT2D eigenvalue weighted by Crippen LogP contribution is -2.36. The van der Waals surface area contributed by atoms with Gasteiger partial charge in [-0.15, -0.1) is 0 Å². The molecule has 0 saturated heterocycles. The smallest absolute Gasteiger partial charge is 0.239 e. The van der Waals surface area contributed by atoms with Crippen molar-refractivity contribution in [2.24, 2.45) is 0 Å². The first kappa shape index (κ1) is 15.5. The molecule has 0 aliphatic heterocycles. The molecule has 0 aliphatic carbocycles. The molecule has 1 rings (SSSR count). The Hall–Kier alpha value is -1.55. The molecule has 0 atom stereocenters. The Balaban J connectivity index is 2.90. The number of benzene rings is 1. The van der Waals surface area contributed by atoms with Crippen molar-refractivity contribution in [1.29, 1.82) is 0 Å². The van der Waals surface area contributed by atoms with Gasteiger partial charge in [0.2, 0.25) is 5.91 Å². The third kappa shape index (κ3) is 4.91. The fourth-order valence-electron chi connectivity index (χ4n) is 2.04. The lowest BCUT2D eigenvalue weighted by Gasteiger charge is -2.26. The van der Waals surface area contributed by atoms with Gasteiger partial charge in [0.15, 0.2) is 0 Å². The van der Waals surface area contributed by atoms with Crippen LogP contribution in [0.5, 0.6) is 0 Å². The van der Waals surface area contributed by atoms with Crippen LogP contribution in [-0.2, 0) is 11.3 Å². The Kier molecular flexibility index (Phi) is 6.97. The van der Waals surface area contributed by atoms with Crippen LogP contribution < -0.4 is 15.5 Å². The minimum Gasteiger partial charge on any atom is -0.362 e. The zero-order valence-corrected chi connectivity index (χ0v) is 12.2. The van der Waals surface area contributed by atoms with Crippen LogP contribution in [0.2, 0.25) is 0 Å². The Morgan fingerprint density at radius 1 is 1.26 bits per heavy atom. The van der Waals surface area contributed by atoms with Crippen LogP contribution in [0, 0.1) is 0 Å². The molecule has 4 heteroatoms. The van der Waals surface area contributed by atoms with E-state index in [2.05, 4.69) is 41.5 Å². The lowest BCUT2D eigenvalue weighted by molar-refractivity contribution is -0.119. The zero-order chi connectivity index (χ0) is 14.1. The molecule has 2 N–H and O–H groups in total. The highest BCUT2D eigenvalue weighted by Crippen LogP contribution is 2.20.